The molecule has 0 fully saturated rings. The van der Waals surface area contributed by atoms with E-state index in [0.717, 1.165) is 5.56 Å². The molecule has 0 spiro atoms. The molecule has 0 saturated heterocycles. The first-order valence-corrected chi connectivity index (χ1v) is 7.37. The second kappa shape index (κ2) is 6.62. The van der Waals surface area contributed by atoms with Crippen molar-refractivity contribution in [2.24, 2.45) is 5.73 Å². The lowest BCUT2D eigenvalue weighted by molar-refractivity contribution is 0.0696. The lowest BCUT2D eigenvalue weighted by Gasteiger charge is -2.27. The number of hydrogen-bond donors (Lipinski definition) is 3. The van der Waals surface area contributed by atoms with E-state index in [1.165, 1.54) is 12.1 Å². The Balaban J connectivity index is 2.24. The number of nitrogens with two attached hydrogens (primary N) is 2. The zero-order valence-corrected chi connectivity index (χ0v) is 13.0. The van der Waals surface area contributed by atoms with Crippen LogP contribution in [0.1, 0.15) is 39.6 Å². The van der Waals surface area contributed by atoms with Gasteiger partial charge in [-0.05, 0) is 54.8 Å². The molecule has 5 heteroatoms. The topological polar surface area (TPSA) is 106 Å². The van der Waals surface area contributed by atoms with Crippen LogP contribution >= 0.6 is 0 Å². The fraction of sp³-hybridized carbons (Fsp3) is 0.222. The molecule has 1 unspecified atom stereocenters. The van der Waals surface area contributed by atoms with E-state index in [4.69, 9.17) is 16.6 Å². The normalized spacial score (nSPS) is 13.3. The average molecular weight is 312 g/mol. The molecule has 5 N–H and O–H groups in total. The van der Waals surface area contributed by atoms with Gasteiger partial charge in [-0.15, -0.1) is 0 Å². The zero-order chi connectivity index (χ0) is 17.0. The maximum absolute atomic E-state index is 12.7. The Morgan fingerprint density at radius 2 is 1.52 bits per heavy atom. The Labute approximate surface area is 134 Å². The summed E-state index contributed by atoms with van der Waals surface area (Å²) >= 11 is 0. The van der Waals surface area contributed by atoms with Gasteiger partial charge in [-0.2, -0.15) is 0 Å². The zero-order valence-electron chi connectivity index (χ0n) is 13.0. The highest BCUT2D eigenvalue weighted by Crippen LogP contribution is 2.21. The van der Waals surface area contributed by atoms with Gasteiger partial charge >= 0.3 is 5.97 Å². The van der Waals surface area contributed by atoms with Crippen LogP contribution in [0.2, 0.25) is 0 Å². The Hall–Kier alpha value is -2.66. The van der Waals surface area contributed by atoms with Crippen molar-refractivity contribution in [3.05, 3.63) is 65.2 Å². The molecule has 0 heterocycles. The van der Waals surface area contributed by atoms with Crippen LogP contribution < -0.4 is 11.5 Å². The van der Waals surface area contributed by atoms with E-state index >= 15 is 0 Å². The molecule has 5 nitrogen and oxygen atoms in total. The number of aromatic carboxylic acids is 1. The molecule has 0 saturated carbocycles. The molecule has 0 aliphatic carbocycles. The van der Waals surface area contributed by atoms with Crippen molar-refractivity contribution in [3.8, 4) is 0 Å². The summed E-state index contributed by atoms with van der Waals surface area (Å²) in [5.74, 6) is -1.13. The Morgan fingerprint density at radius 1 is 1.00 bits per heavy atom. The van der Waals surface area contributed by atoms with Crippen molar-refractivity contribution in [1.82, 2.24) is 0 Å². The minimum Gasteiger partial charge on any atom is -0.478 e. The van der Waals surface area contributed by atoms with E-state index in [9.17, 15) is 9.59 Å². The first-order valence-electron chi connectivity index (χ1n) is 7.37. The van der Waals surface area contributed by atoms with Crippen LogP contribution in [-0.4, -0.2) is 22.4 Å². The highest BCUT2D eigenvalue weighted by Gasteiger charge is 2.33. The summed E-state index contributed by atoms with van der Waals surface area (Å²) in [5, 5.41) is 8.92. The van der Waals surface area contributed by atoms with Gasteiger partial charge in [0.2, 0.25) is 0 Å². The first-order chi connectivity index (χ1) is 10.9. The van der Waals surface area contributed by atoms with Crippen LogP contribution in [0.5, 0.6) is 0 Å². The number of carboxylic acids is 1. The fourth-order valence-corrected chi connectivity index (χ4v) is 2.42. The number of carbonyl (C=O) groups excluding carboxylic acids is 1. The second-order valence-corrected chi connectivity index (χ2v) is 5.64. The molecule has 0 aliphatic rings. The monoisotopic (exact) mass is 312 g/mol. The first kappa shape index (κ1) is 16.7. The quantitative estimate of drug-likeness (QED) is 0.561. The molecular formula is C18H20N2O3. The predicted molar refractivity (Wildman–Crippen MR) is 89.5 cm³/mol. The van der Waals surface area contributed by atoms with E-state index in [-0.39, 0.29) is 11.3 Å². The summed E-state index contributed by atoms with van der Waals surface area (Å²) < 4.78 is 0. The number of Topliss-reactive ketones (excluding diaryl/α,β-unsaturated/α-hetero) is 1. The standard InChI is InChI=1S/C18H20N2O3/c1-2-18(20,16(21)13-7-9-15(19)10-8-13)11-12-3-5-14(6-4-12)17(22)23/h3-10H,2,11,19-20H2,1H3,(H,22,23). The van der Waals surface area contributed by atoms with Crippen molar-refractivity contribution in [2.75, 3.05) is 5.73 Å². The number of nitrogen functional groups attached to an aromatic ring is 1. The number of carboxylic acid groups (broad SMARTS) is 1. The maximum Gasteiger partial charge on any atom is 0.335 e. The summed E-state index contributed by atoms with van der Waals surface area (Å²) in [7, 11) is 0. The van der Waals surface area contributed by atoms with Gasteiger partial charge in [0.05, 0.1) is 11.1 Å². The molecule has 2 aromatic rings. The third-order valence-corrected chi connectivity index (χ3v) is 3.98. The molecule has 2 aromatic carbocycles. The molecule has 2 rings (SSSR count). The van der Waals surface area contributed by atoms with Crippen molar-refractivity contribution in [1.29, 1.82) is 0 Å². The molecule has 1 atom stereocenters. The summed E-state index contributed by atoms with van der Waals surface area (Å²) in [5.41, 5.74) is 13.1. The van der Waals surface area contributed by atoms with Gasteiger partial charge in [-0.1, -0.05) is 19.1 Å². The average Bonchev–Trinajstić information content (AvgIpc) is 2.55. The van der Waals surface area contributed by atoms with Gasteiger partial charge in [-0.3, -0.25) is 4.79 Å². The van der Waals surface area contributed by atoms with E-state index < -0.39 is 11.5 Å². The van der Waals surface area contributed by atoms with Crippen LogP contribution in [0.25, 0.3) is 0 Å². The van der Waals surface area contributed by atoms with Crippen LogP contribution in [-0.2, 0) is 6.42 Å². The summed E-state index contributed by atoms with van der Waals surface area (Å²) in [6.07, 6.45) is 0.809. The SMILES string of the molecule is CCC(N)(Cc1ccc(C(=O)O)cc1)C(=O)c1ccc(N)cc1. The lowest BCUT2D eigenvalue weighted by atomic mass is 9.82. The fourth-order valence-electron chi connectivity index (χ4n) is 2.42. The summed E-state index contributed by atoms with van der Waals surface area (Å²) in [6.45, 7) is 1.86. The van der Waals surface area contributed by atoms with E-state index in [0.29, 0.717) is 24.1 Å². The number of rotatable bonds is 6. The molecule has 0 amide bonds. The largest absolute Gasteiger partial charge is 0.478 e. The van der Waals surface area contributed by atoms with Gasteiger partial charge in [-0.25, -0.2) is 4.79 Å². The van der Waals surface area contributed by atoms with Crippen LogP contribution in [0, 0.1) is 0 Å². The Kier molecular flexibility index (Phi) is 4.81. The molecule has 120 valence electrons. The Morgan fingerprint density at radius 3 is 2.00 bits per heavy atom. The van der Waals surface area contributed by atoms with Crippen LogP contribution in [0.15, 0.2) is 48.5 Å². The van der Waals surface area contributed by atoms with Gasteiger partial charge in [0.25, 0.3) is 0 Å². The van der Waals surface area contributed by atoms with Gasteiger partial charge in [0, 0.05) is 11.3 Å². The number of carbonyl (C=O) groups is 2. The third-order valence-electron chi connectivity index (χ3n) is 3.98. The minimum absolute atomic E-state index is 0.151. The van der Waals surface area contributed by atoms with Crippen LogP contribution in [0.4, 0.5) is 5.69 Å². The number of benzene rings is 2. The predicted octanol–water partition coefficient (Wildman–Crippen LogP) is 2.50. The summed E-state index contributed by atoms with van der Waals surface area (Å²) in [4.78, 5) is 23.6. The van der Waals surface area contributed by atoms with Crippen molar-refractivity contribution in [2.45, 2.75) is 25.3 Å². The maximum atomic E-state index is 12.7. The molecular weight excluding hydrogens is 292 g/mol. The number of hydrogen-bond acceptors (Lipinski definition) is 4. The second-order valence-electron chi connectivity index (χ2n) is 5.64. The van der Waals surface area contributed by atoms with Crippen molar-refractivity contribution >= 4 is 17.4 Å². The molecule has 0 aliphatic heterocycles. The smallest absolute Gasteiger partial charge is 0.335 e. The number of anilines is 1. The van der Waals surface area contributed by atoms with E-state index in [2.05, 4.69) is 0 Å². The highest BCUT2D eigenvalue weighted by molar-refractivity contribution is 6.03. The van der Waals surface area contributed by atoms with Crippen molar-refractivity contribution in [3.63, 3.8) is 0 Å². The Bertz CT molecular complexity index is 708. The third kappa shape index (κ3) is 3.76. The van der Waals surface area contributed by atoms with Crippen LogP contribution in [0.3, 0.4) is 0 Å². The molecule has 23 heavy (non-hydrogen) atoms. The lowest BCUT2D eigenvalue weighted by Crippen LogP contribution is -2.49. The van der Waals surface area contributed by atoms with Gasteiger partial charge in [0.15, 0.2) is 5.78 Å². The van der Waals surface area contributed by atoms with Gasteiger partial charge < -0.3 is 16.6 Å². The van der Waals surface area contributed by atoms with Crippen molar-refractivity contribution < 1.29 is 14.7 Å². The van der Waals surface area contributed by atoms with E-state index in [1.54, 1.807) is 36.4 Å². The molecule has 0 radical (unpaired) electrons. The minimum atomic E-state index is -1.04. The van der Waals surface area contributed by atoms with E-state index in [1.807, 2.05) is 6.92 Å². The highest BCUT2D eigenvalue weighted by atomic mass is 16.4. The number of ketones is 1. The molecule has 0 bridgehead atoms. The van der Waals surface area contributed by atoms with Gasteiger partial charge in [0.1, 0.15) is 0 Å². The molecule has 0 aromatic heterocycles. The summed E-state index contributed by atoms with van der Waals surface area (Å²) in [6, 6.07) is 13.1.